The second-order valence-corrected chi connectivity index (χ2v) is 2.83. The molecule has 0 unspecified atom stereocenters. The quantitative estimate of drug-likeness (QED) is 0.466. The fraction of sp³-hybridized carbons (Fsp3) is 0. The number of hydrogen-bond acceptors (Lipinski definition) is 0. The average molecular weight is 232 g/mol. The summed E-state index contributed by atoms with van der Waals surface area (Å²) in [5, 5.41) is 0. The molecule has 0 N–H and O–H groups in total. The molecule has 0 heterocycles. The molecule has 0 amide bonds. The maximum absolute atomic E-state index is 12.3. The highest BCUT2D eigenvalue weighted by molar-refractivity contribution is 14.1. The van der Waals surface area contributed by atoms with Crippen molar-refractivity contribution in [1.29, 1.82) is 0 Å². The Bertz CT molecular complexity index is 224. The molecule has 2 radical (unpaired) electrons. The van der Waals surface area contributed by atoms with Gasteiger partial charge in [-0.1, -0.05) is 5.46 Å². The zero-order chi connectivity index (χ0) is 6.85. The van der Waals surface area contributed by atoms with E-state index in [0.717, 1.165) is 3.57 Å². The van der Waals surface area contributed by atoms with E-state index in [2.05, 4.69) is 0 Å². The second kappa shape index (κ2) is 2.69. The van der Waals surface area contributed by atoms with E-state index in [1.54, 1.807) is 6.07 Å². The van der Waals surface area contributed by atoms with Gasteiger partial charge in [0.05, 0.1) is 0 Å². The Kier molecular flexibility index (Phi) is 2.11. The first kappa shape index (κ1) is 7.06. The van der Waals surface area contributed by atoms with Crippen LogP contribution in [0.1, 0.15) is 0 Å². The summed E-state index contributed by atoms with van der Waals surface area (Å²) in [4.78, 5) is 0. The Labute approximate surface area is 68.0 Å². The van der Waals surface area contributed by atoms with Crippen LogP contribution in [0.3, 0.4) is 0 Å². The molecule has 3 heteroatoms. The van der Waals surface area contributed by atoms with E-state index < -0.39 is 0 Å². The molecule has 9 heavy (non-hydrogen) atoms. The number of halogens is 2. The third-order valence-corrected chi connectivity index (χ3v) is 1.94. The van der Waals surface area contributed by atoms with E-state index in [9.17, 15) is 4.39 Å². The van der Waals surface area contributed by atoms with E-state index in [1.807, 2.05) is 22.6 Å². The Morgan fingerprint density at radius 3 is 2.56 bits per heavy atom. The predicted octanol–water partition coefficient (Wildman–Crippen LogP) is 1.22. The van der Waals surface area contributed by atoms with Crippen molar-refractivity contribution in [2.24, 2.45) is 0 Å². The van der Waals surface area contributed by atoms with Crippen LogP contribution in [0, 0.1) is 9.39 Å². The fourth-order valence-electron chi connectivity index (χ4n) is 0.515. The maximum atomic E-state index is 12.3. The SMILES string of the molecule is [B]c1cc(F)ccc1I. The molecular weight excluding hydrogens is 229 g/mol. The molecule has 0 spiro atoms. The van der Waals surface area contributed by atoms with E-state index in [0.29, 0.717) is 5.46 Å². The molecule has 0 aromatic heterocycles. The highest BCUT2D eigenvalue weighted by atomic mass is 127. The minimum Gasteiger partial charge on any atom is -0.207 e. The van der Waals surface area contributed by atoms with Crippen molar-refractivity contribution in [3.8, 4) is 0 Å². The maximum Gasteiger partial charge on any atom is 0.122 e. The van der Waals surface area contributed by atoms with Crippen molar-refractivity contribution in [3.05, 3.63) is 27.6 Å². The minimum absolute atomic E-state index is 0.284. The van der Waals surface area contributed by atoms with E-state index in [-0.39, 0.29) is 5.82 Å². The number of benzene rings is 1. The standard InChI is InChI=1S/C6H3BFI/c7-5-3-4(8)1-2-6(5)9/h1-3H. The van der Waals surface area contributed by atoms with Gasteiger partial charge in [-0.05, 0) is 40.8 Å². The van der Waals surface area contributed by atoms with Crippen molar-refractivity contribution >= 4 is 35.9 Å². The van der Waals surface area contributed by atoms with Crippen molar-refractivity contribution < 1.29 is 4.39 Å². The fourth-order valence-corrected chi connectivity index (χ4v) is 0.850. The van der Waals surface area contributed by atoms with Crippen LogP contribution in [0.25, 0.3) is 0 Å². The minimum atomic E-state index is -0.284. The van der Waals surface area contributed by atoms with Gasteiger partial charge in [-0.15, -0.1) is 0 Å². The van der Waals surface area contributed by atoms with E-state index >= 15 is 0 Å². The summed E-state index contributed by atoms with van der Waals surface area (Å²) < 4.78 is 13.1. The van der Waals surface area contributed by atoms with Crippen LogP contribution in [0.15, 0.2) is 18.2 Å². The van der Waals surface area contributed by atoms with Crippen LogP contribution < -0.4 is 5.46 Å². The molecule has 0 saturated carbocycles. The number of hydrogen-bond donors (Lipinski definition) is 0. The largest absolute Gasteiger partial charge is 0.207 e. The van der Waals surface area contributed by atoms with Crippen molar-refractivity contribution in [1.82, 2.24) is 0 Å². The van der Waals surface area contributed by atoms with Crippen molar-refractivity contribution in [2.75, 3.05) is 0 Å². The summed E-state index contributed by atoms with van der Waals surface area (Å²) >= 11 is 2.05. The molecule has 1 rings (SSSR count). The van der Waals surface area contributed by atoms with Crippen LogP contribution >= 0.6 is 22.6 Å². The van der Waals surface area contributed by atoms with Crippen LogP contribution in [-0.4, -0.2) is 7.85 Å². The van der Waals surface area contributed by atoms with Gasteiger partial charge in [-0.3, -0.25) is 0 Å². The van der Waals surface area contributed by atoms with Crippen LogP contribution in [0.5, 0.6) is 0 Å². The van der Waals surface area contributed by atoms with Crippen molar-refractivity contribution in [2.45, 2.75) is 0 Å². The number of rotatable bonds is 0. The summed E-state index contributed by atoms with van der Waals surface area (Å²) in [6, 6.07) is 4.34. The summed E-state index contributed by atoms with van der Waals surface area (Å²) in [5.41, 5.74) is 0.496. The molecule has 0 aliphatic rings. The van der Waals surface area contributed by atoms with Gasteiger partial charge in [0.25, 0.3) is 0 Å². The molecule has 0 aliphatic carbocycles. The van der Waals surface area contributed by atoms with Gasteiger partial charge in [-0.25, -0.2) is 4.39 Å². The first-order valence-electron chi connectivity index (χ1n) is 2.40. The van der Waals surface area contributed by atoms with Gasteiger partial charge in [-0.2, -0.15) is 0 Å². The van der Waals surface area contributed by atoms with Gasteiger partial charge >= 0.3 is 0 Å². The van der Waals surface area contributed by atoms with Crippen LogP contribution in [0.4, 0.5) is 4.39 Å². The summed E-state index contributed by atoms with van der Waals surface area (Å²) in [6.07, 6.45) is 0. The highest BCUT2D eigenvalue weighted by Crippen LogP contribution is 2.01. The molecule has 0 nitrogen and oxygen atoms in total. The highest BCUT2D eigenvalue weighted by Gasteiger charge is 1.92. The average Bonchev–Trinajstić information content (AvgIpc) is 1.80. The van der Waals surface area contributed by atoms with Gasteiger partial charge in [0.1, 0.15) is 13.7 Å². The smallest absolute Gasteiger partial charge is 0.122 e. The molecular formula is C6H3BFI. The van der Waals surface area contributed by atoms with Crippen molar-refractivity contribution in [3.63, 3.8) is 0 Å². The van der Waals surface area contributed by atoms with Crippen LogP contribution in [-0.2, 0) is 0 Å². The lowest BCUT2D eigenvalue weighted by molar-refractivity contribution is 0.628. The zero-order valence-corrected chi connectivity index (χ0v) is 6.72. The molecule has 44 valence electrons. The first-order chi connectivity index (χ1) is 4.20. The second-order valence-electron chi connectivity index (χ2n) is 1.67. The zero-order valence-electron chi connectivity index (χ0n) is 4.57. The summed E-state index contributed by atoms with van der Waals surface area (Å²) in [6.45, 7) is 0. The molecule has 0 atom stereocenters. The van der Waals surface area contributed by atoms with E-state index in [4.69, 9.17) is 7.85 Å². The Morgan fingerprint density at radius 1 is 1.44 bits per heavy atom. The Balaban J connectivity index is 3.17. The van der Waals surface area contributed by atoms with E-state index in [1.165, 1.54) is 12.1 Å². The van der Waals surface area contributed by atoms with Gasteiger partial charge in [0.2, 0.25) is 0 Å². The Morgan fingerprint density at radius 2 is 2.11 bits per heavy atom. The molecule has 1 aromatic rings. The van der Waals surface area contributed by atoms with Crippen LogP contribution in [0.2, 0.25) is 0 Å². The summed E-state index contributed by atoms with van der Waals surface area (Å²) in [7, 11) is 5.37. The van der Waals surface area contributed by atoms with Gasteiger partial charge < -0.3 is 0 Å². The molecule has 1 aromatic carbocycles. The monoisotopic (exact) mass is 232 g/mol. The molecule has 0 bridgehead atoms. The summed E-state index contributed by atoms with van der Waals surface area (Å²) in [5.74, 6) is -0.284. The lowest BCUT2D eigenvalue weighted by Crippen LogP contribution is -2.06. The third kappa shape index (κ3) is 1.68. The predicted molar refractivity (Wildman–Crippen MR) is 44.5 cm³/mol. The lowest BCUT2D eigenvalue weighted by atomic mass is 9.97. The molecule has 0 saturated heterocycles. The first-order valence-corrected chi connectivity index (χ1v) is 3.48. The normalized spacial score (nSPS) is 9.56. The molecule has 0 fully saturated rings. The topological polar surface area (TPSA) is 0 Å². The third-order valence-electron chi connectivity index (χ3n) is 0.958. The molecule has 0 aliphatic heterocycles. The lowest BCUT2D eigenvalue weighted by Gasteiger charge is -1.94. The Hall–Kier alpha value is -0.0551. The van der Waals surface area contributed by atoms with Gasteiger partial charge in [0.15, 0.2) is 0 Å². The van der Waals surface area contributed by atoms with Gasteiger partial charge in [0, 0.05) is 3.57 Å².